The number of hydrogen-bond donors (Lipinski definition) is 1. The van der Waals surface area contributed by atoms with Crippen molar-refractivity contribution in [2.75, 3.05) is 66.3 Å². The number of anilines is 4. The van der Waals surface area contributed by atoms with Crippen molar-refractivity contribution in [2.24, 2.45) is 0 Å². The minimum atomic E-state index is -4.90. The minimum absolute atomic E-state index is 0.100. The smallest absolute Gasteiger partial charge is 0.417 e. The number of halogens is 4. The number of nitrogens with zero attached hydrogens (tertiary/aromatic N) is 6. The van der Waals surface area contributed by atoms with Crippen LogP contribution in [0.1, 0.15) is 40.6 Å². The minimum Gasteiger partial charge on any atom is -0.417 e. The van der Waals surface area contributed by atoms with Gasteiger partial charge in [0.25, 0.3) is 11.9 Å². The molecule has 6 rings (SSSR count). The number of piperazine rings is 1. The standard InChI is InChI=1S/C33H33F4N7O3/c1-41(24-11-12-27(38-21-24)42-17-19-43(20-18-42)31(46)39-26-10-6-5-9-25(26)34)30(45)28-29(33(35,36)37)40-32(47-28)44-15-13-23(14-16-44)22-7-3-2-4-8-22/h2-12,21,23H,13-20H2,1H3,(H,39,46). The molecule has 2 aromatic carbocycles. The van der Waals surface area contributed by atoms with Gasteiger partial charge in [-0.2, -0.15) is 18.2 Å². The highest BCUT2D eigenvalue weighted by Gasteiger charge is 2.43. The molecule has 0 spiro atoms. The second-order valence-electron chi connectivity index (χ2n) is 11.5. The van der Waals surface area contributed by atoms with Gasteiger partial charge in [-0.3, -0.25) is 4.79 Å². The third-order valence-corrected chi connectivity index (χ3v) is 8.55. The number of hydrogen-bond acceptors (Lipinski definition) is 7. The van der Waals surface area contributed by atoms with Gasteiger partial charge in [-0.05, 0) is 48.6 Å². The summed E-state index contributed by atoms with van der Waals surface area (Å²) in [5, 5.41) is 2.57. The molecule has 2 fully saturated rings. The Morgan fingerprint density at radius 1 is 0.894 bits per heavy atom. The fourth-order valence-electron chi connectivity index (χ4n) is 5.84. The van der Waals surface area contributed by atoms with Crippen molar-refractivity contribution in [2.45, 2.75) is 24.9 Å². The van der Waals surface area contributed by atoms with Crippen LogP contribution in [-0.2, 0) is 6.18 Å². The van der Waals surface area contributed by atoms with Gasteiger partial charge in [0.2, 0.25) is 5.76 Å². The number of piperidine rings is 1. The third kappa shape index (κ3) is 7.00. The van der Waals surface area contributed by atoms with Gasteiger partial charge in [0.1, 0.15) is 11.6 Å². The van der Waals surface area contributed by atoms with Gasteiger partial charge in [-0.15, -0.1) is 0 Å². The number of nitrogens with one attached hydrogen (secondary N) is 1. The lowest BCUT2D eigenvalue weighted by Crippen LogP contribution is -2.50. The molecular weight excluding hydrogens is 618 g/mol. The molecular formula is C33H33F4N7O3. The topological polar surface area (TPSA) is 98.1 Å². The molecule has 2 saturated heterocycles. The molecule has 246 valence electrons. The van der Waals surface area contributed by atoms with Crippen LogP contribution in [0.5, 0.6) is 0 Å². The predicted octanol–water partition coefficient (Wildman–Crippen LogP) is 6.24. The fraction of sp³-hybridized carbons (Fsp3) is 0.333. The summed E-state index contributed by atoms with van der Waals surface area (Å²) >= 11 is 0. The predicted molar refractivity (Wildman–Crippen MR) is 168 cm³/mol. The summed E-state index contributed by atoms with van der Waals surface area (Å²) in [6.45, 7) is 2.50. The molecule has 2 aliphatic rings. The SMILES string of the molecule is CN(C(=O)c1oc(N2CCC(c3ccccc3)CC2)nc1C(F)(F)F)c1ccc(N2CCN(C(=O)Nc3ccccc3F)CC2)nc1. The van der Waals surface area contributed by atoms with Crippen LogP contribution in [0.3, 0.4) is 0 Å². The van der Waals surface area contributed by atoms with Crippen molar-refractivity contribution < 1.29 is 31.6 Å². The maximum atomic E-state index is 14.0. The monoisotopic (exact) mass is 651 g/mol. The molecule has 2 aromatic heterocycles. The van der Waals surface area contributed by atoms with Gasteiger partial charge in [-0.1, -0.05) is 42.5 Å². The Morgan fingerprint density at radius 2 is 1.57 bits per heavy atom. The summed E-state index contributed by atoms with van der Waals surface area (Å²) in [6, 6.07) is 18.5. The second kappa shape index (κ2) is 13.3. The quantitative estimate of drug-likeness (QED) is 0.247. The first-order valence-electron chi connectivity index (χ1n) is 15.3. The summed E-state index contributed by atoms with van der Waals surface area (Å²) in [5.74, 6) is -1.56. The Bertz CT molecular complexity index is 1700. The molecule has 0 atom stereocenters. The highest BCUT2D eigenvalue weighted by atomic mass is 19.4. The van der Waals surface area contributed by atoms with Crippen LogP contribution in [0, 0.1) is 5.82 Å². The molecule has 14 heteroatoms. The molecule has 0 bridgehead atoms. The first kappa shape index (κ1) is 31.8. The molecule has 10 nitrogen and oxygen atoms in total. The van der Waals surface area contributed by atoms with E-state index in [-0.39, 0.29) is 23.3 Å². The van der Waals surface area contributed by atoms with Crippen LogP contribution < -0.4 is 20.0 Å². The second-order valence-corrected chi connectivity index (χ2v) is 11.5. The van der Waals surface area contributed by atoms with Gasteiger partial charge in [-0.25, -0.2) is 14.2 Å². The van der Waals surface area contributed by atoms with Crippen LogP contribution in [0.25, 0.3) is 0 Å². The van der Waals surface area contributed by atoms with Gasteiger partial charge in [0.05, 0.1) is 17.6 Å². The summed E-state index contributed by atoms with van der Waals surface area (Å²) in [4.78, 5) is 40.3. The van der Waals surface area contributed by atoms with Crippen LogP contribution in [0.15, 0.2) is 77.3 Å². The zero-order valence-corrected chi connectivity index (χ0v) is 25.6. The van der Waals surface area contributed by atoms with E-state index in [4.69, 9.17) is 4.42 Å². The first-order valence-corrected chi connectivity index (χ1v) is 15.3. The van der Waals surface area contributed by atoms with E-state index < -0.39 is 35.4 Å². The molecule has 2 aliphatic heterocycles. The van der Waals surface area contributed by atoms with Crippen molar-refractivity contribution in [3.05, 3.63) is 95.8 Å². The Labute approximate surface area is 268 Å². The van der Waals surface area contributed by atoms with Crippen molar-refractivity contribution >= 4 is 35.1 Å². The number of benzene rings is 2. The molecule has 47 heavy (non-hydrogen) atoms. The van der Waals surface area contributed by atoms with Crippen molar-refractivity contribution in [3.63, 3.8) is 0 Å². The molecule has 0 unspecified atom stereocenters. The Hall–Kier alpha value is -5.14. The van der Waals surface area contributed by atoms with E-state index in [9.17, 15) is 27.2 Å². The average Bonchev–Trinajstić information content (AvgIpc) is 3.56. The number of carbonyl (C=O) groups excluding carboxylic acids is 2. The molecule has 1 N–H and O–H groups in total. The maximum Gasteiger partial charge on any atom is 0.437 e. The molecule has 4 heterocycles. The molecule has 0 radical (unpaired) electrons. The van der Waals surface area contributed by atoms with Gasteiger partial charge in [0, 0.05) is 46.3 Å². The Balaban J connectivity index is 1.08. The number of carbonyl (C=O) groups is 2. The number of pyridine rings is 1. The highest BCUT2D eigenvalue weighted by Crippen LogP contribution is 2.37. The summed E-state index contributed by atoms with van der Waals surface area (Å²) in [5.41, 5.74) is 0.176. The van der Waals surface area contributed by atoms with Gasteiger partial charge < -0.3 is 29.3 Å². The van der Waals surface area contributed by atoms with E-state index in [1.807, 2.05) is 35.2 Å². The Morgan fingerprint density at radius 3 is 2.21 bits per heavy atom. The number of oxazole rings is 1. The Kier molecular flexibility index (Phi) is 9.01. The number of para-hydroxylation sites is 1. The lowest BCUT2D eigenvalue weighted by Gasteiger charge is -2.35. The molecule has 3 amide bonds. The summed E-state index contributed by atoms with van der Waals surface area (Å²) < 4.78 is 61.5. The maximum absolute atomic E-state index is 14.0. The van der Waals surface area contributed by atoms with E-state index in [0.29, 0.717) is 57.9 Å². The summed E-state index contributed by atoms with van der Waals surface area (Å²) in [6.07, 6.45) is -2.08. The number of rotatable bonds is 6. The lowest BCUT2D eigenvalue weighted by molar-refractivity contribution is -0.141. The zero-order valence-electron chi connectivity index (χ0n) is 25.6. The van der Waals surface area contributed by atoms with Crippen molar-refractivity contribution in [3.8, 4) is 0 Å². The number of aromatic nitrogens is 2. The molecule has 0 aliphatic carbocycles. The van der Waals surface area contributed by atoms with Crippen LogP contribution in [0.2, 0.25) is 0 Å². The van der Waals surface area contributed by atoms with Crippen LogP contribution in [-0.4, -0.2) is 73.1 Å². The fourth-order valence-corrected chi connectivity index (χ4v) is 5.84. The molecule has 0 saturated carbocycles. The van der Waals surface area contributed by atoms with Gasteiger partial charge >= 0.3 is 12.2 Å². The average molecular weight is 652 g/mol. The normalized spacial score (nSPS) is 15.9. The van der Waals surface area contributed by atoms with E-state index in [0.717, 1.165) is 4.90 Å². The highest BCUT2D eigenvalue weighted by molar-refractivity contribution is 6.04. The van der Waals surface area contributed by atoms with E-state index in [1.54, 1.807) is 28.0 Å². The zero-order chi connectivity index (χ0) is 33.1. The lowest BCUT2D eigenvalue weighted by atomic mass is 9.90. The first-order chi connectivity index (χ1) is 22.6. The largest absolute Gasteiger partial charge is 0.437 e. The van der Waals surface area contributed by atoms with Crippen LogP contribution in [0.4, 0.5) is 45.6 Å². The van der Waals surface area contributed by atoms with Crippen molar-refractivity contribution in [1.82, 2.24) is 14.9 Å². The van der Waals surface area contributed by atoms with Gasteiger partial charge in [0.15, 0.2) is 5.69 Å². The van der Waals surface area contributed by atoms with E-state index in [1.165, 1.54) is 37.0 Å². The molecule has 4 aromatic rings. The third-order valence-electron chi connectivity index (χ3n) is 8.55. The summed E-state index contributed by atoms with van der Waals surface area (Å²) in [7, 11) is 1.35. The number of amides is 3. The number of alkyl halides is 3. The van der Waals surface area contributed by atoms with E-state index in [2.05, 4.69) is 15.3 Å². The van der Waals surface area contributed by atoms with Crippen molar-refractivity contribution in [1.29, 1.82) is 0 Å². The number of urea groups is 1. The van der Waals surface area contributed by atoms with E-state index >= 15 is 0 Å². The van der Waals surface area contributed by atoms with Crippen LogP contribution >= 0.6 is 0 Å².